The van der Waals surface area contributed by atoms with Gasteiger partial charge in [0.25, 0.3) is 0 Å². The summed E-state index contributed by atoms with van der Waals surface area (Å²) in [5, 5.41) is 8.91. The van der Waals surface area contributed by atoms with Gasteiger partial charge in [0.2, 0.25) is 5.91 Å². The Morgan fingerprint density at radius 1 is 1.04 bits per heavy atom. The molecule has 0 bridgehead atoms. The second-order valence-electron chi connectivity index (χ2n) is 6.14. The van der Waals surface area contributed by atoms with Gasteiger partial charge in [-0.05, 0) is 28.8 Å². The van der Waals surface area contributed by atoms with Crippen LogP contribution in [-0.2, 0) is 33.9 Å². The van der Waals surface area contributed by atoms with E-state index in [1.165, 1.54) is 11.0 Å². The number of benzene rings is 2. The van der Waals surface area contributed by atoms with Crippen molar-refractivity contribution in [2.45, 2.75) is 26.0 Å². The zero-order valence-corrected chi connectivity index (χ0v) is 15.0. The van der Waals surface area contributed by atoms with Crippen LogP contribution in [0.1, 0.15) is 23.1 Å². The van der Waals surface area contributed by atoms with Crippen molar-refractivity contribution in [1.82, 2.24) is 4.90 Å². The lowest BCUT2D eigenvalue weighted by molar-refractivity contribution is -0.138. The van der Waals surface area contributed by atoms with Crippen LogP contribution in [0.5, 0.6) is 0 Å². The topological polar surface area (TPSA) is 66.8 Å². The van der Waals surface area contributed by atoms with Crippen molar-refractivity contribution in [2.75, 3.05) is 13.7 Å². The third-order valence-corrected chi connectivity index (χ3v) is 3.96. The molecule has 0 saturated carbocycles. The number of aliphatic carboxylic acids is 1. The molecule has 0 atom stereocenters. The van der Waals surface area contributed by atoms with Crippen molar-refractivity contribution in [3.8, 4) is 0 Å². The highest BCUT2D eigenvalue weighted by Crippen LogP contribution is 2.14. The first-order chi connectivity index (χ1) is 12.9. The van der Waals surface area contributed by atoms with E-state index in [4.69, 9.17) is 9.84 Å². The molecule has 5 nitrogen and oxygen atoms in total. The molecule has 0 unspecified atom stereocenters. The molecule has 0 aromatic heterocycles. The largest absolute Gasteiger partial charge is 0.481 e. The molecule has 1 N–H and O–H groups in total. The quantitative estimate of drug-likeness (QED) is 0.729. The number of amides is 1. The Morgan fingerprint density at radius 2 is 1.78 bits per heavy atom. The number of carbonyl (C=O) groups excluding carboxylic acids is 1. The fourth-order valence-electron chi connectivity index (χ4n) is 2.66. The van der Waals surface area contributed by atoms with Crippen molar-refractivity contribution in [1.29, 1.82) is 0 Å². The monoisotopic (exact) mass is 377 g/mol. The number of halogens is 2. The smallest absolute Gasteiger partial charge is 0.305 e. The second-order valence-corrected chi connectivity index (χ2v) is 6.14. The molecular formula is C20H21F2NO4. The number of rotatable bonds is 9. The molecule has 7 heteroatoms. The Kier molecular flexibility index (Phi) is 7.43. The van der Waals surface area contributed by atoms with Gasteiger partial charge in [0.1, 0.15) is 0 Å². The minimum atomic E-state index is -1.04. The first-order valence-electron chi connectivity index (χ1n) is 8.39. The van der Waals surface area contributed by atoms with Crippen molar-refractivity contribution in [2.24, 2.45) is 0 Å². The molecule has 0 fully saturated rings. The number of carboxylic acid groups (broad SMARTS) is 1. The van der Waals surface area contributed by atoms with Gasteiger partial charge in [-0.2, -0.15) is 0 Å². The van der Waals surface area contributed by atoms with Gasteiger partial charge >= 0.3 is 5.97 Å². The maximum atomic E-state index is 13.4. The van der Waals surface area contributed by atoms with Crippen LogP contribution in [0, 0.1) is 11.6 Å². The molecular weight excluding hydrogens is 356 g/mol. The Balaban J connectivity index is 2.13. The predicted octanol–water partition coefficient (Wildman–Crippen LogP) is 3.16. The first-order valence-corrected chi connectivity index (χ1v) is 8.39. The summed E-state index contributed by atoms with van der Waals surface area (Å²) in [5.74, 6) is -3.32. The molecule has 2 aromatic rings. The molecule has 0 heterocycles. The minimum Gasteiger partial charge on any atom is -0.481 e. The van der Waals surface area contributed by atoms with Gasteiger partial charge in [0.15, 0.2) is 11.6 Å². The van der Waals surface area contributed by atoms with E-state index in [1.807, 2.05) is 18.2 Å². The summed E-state index contributed by atoms with van der Waals surface area (Å²) in [6.45, 7) is 0.394. The van der Waals surface area contributed by atoms with Gasteiger partial charge in [-0.3, -0.25) is 9.59 Å². The third-order valence-electron chi connectivity index (χ3n) is 3.96. The Morgan fingerprint density at radius 3 is 2.44 bits per heavy atom. The van der Waals surface area contributed by atoms with E-state index in [0.29, 0.717) is 12.2 Å². The van der Waals surface area contributed by atoms with Crippen LogP contribution in [0.25, 0.3) is 0 Å². The maximum Gasteiger partial charge on any atom is 0.305 e. The van der Waals surface area contributed by atoms with E-state index >= 15 is 0 Å². The van der Waals surface area contributed by atoms with Crippen LogP contribution < -0.4 is 0 Å². The number of methoxy groups -OCH3 is 1. The van der Waals surface area contributed by atoms with Crippen LogP contribution in [0.2, 0.25) is 0 Å². The van der Waals surface area contributed by atoms with Crippen molar-refractivity contribution in [3.63, 3.8) is 0 Å². The summed E-state index contributed by atoms with van der Waals surface area (Å²) in [7, 11) is 1.58. The summed E-state index contributed by atoms with van der Waals surface area (Å²) < 4.78 is 31.6. The SMILES string of the molecule is COCc1cccc(CC(=O)N(CCC(=O)O)Cc2ccc(F)c(F)c2)c1. The van der Waals surface area contributed by atoms with Gasteiger partial charge in [-0.15, -0.1) is 0 Å². The number of hydrogen-bond donors (Lipinski definition) is 1. The van der Waals surface area contributed by atoms with Crippen LogP contribution in [-0.4, -0.2) is 35.5 Å². The standard InChI is InChI=1S/C20H21F2NO4/c1-27-13-16-4-2-3-14(9-16)11-19(24)23(8-7-20(25)26)12-15-5-6-17(21)18(22)10-15/h2-6,9-10H,7-8,11-13H2,1H3,(H,25,26). The van der Waals surface area contributed by atoms with Gasteiger partial charge in [0, 0.05) is 20.2 Å². The summed E-state index contributed by atoms with van der Waals surface area (Å²) >= 11 is 0. The molecule has 144 valence electrons. The molecule has 0 spiro atoms. The van der Waals surface area contributed by atoms with Crippen LogP contribution >= 0.6 is 0 Å². The van der Waals surface area contributed by atoms with Gasteiger partial charge < -0.3 is 14.7 Å². The zero-order chi connectivity index (χ0) is 19.8. The molecule has 0 aliphatic rings. The molecule has 0 saturated heterocycles. The average molecular weight is 377 g/mol. The van der Waals surface area contributed by atoms with E-state index in [-0.39, 0.29) is 31.8 Å². The summed E-state index contributed by atoms with van der Waals surface area (Å²) in [6.07, 6.45) is -0.167. The number of carboxylic acids is 1. The highest BCUT2D eigenvalue weighted by molar-refractivity contribution is 5.79. The molecule has 2 rings (SSSR count). The normalized spacial score (nSPS) is 10.6. The first kappa shape index (κ1) is 20.5. The zero-order valence-electron chi connectivity index (χ0n) is 15.0. The highest BCUT2D eigenvalue weighted by atomic mass is 19.2. The second kappa shape index (κ2) is 9.78. The van der Waals surface area contributed by atoms with E-state index < -0.39 is 17.6 Å². The third kappa shape index (κ3) is 6.45. The lowest BCUT2D eigenvalue weighted by Crippen LogP contribution is -2.33. The van der Waals surface area contributed by atoms with Crippen molar-refractivity contribution >= 4 is 11.9 Å². The molecule has 0 radical (unpaired) electrons. The van der Waals surface area contributed by atoms with Crippen LogP contribution in [0.15, 0.2) is 42.5 Å². The fraction of sp³-hybridized carbons (Fsp3) is 0.300. The number of hydrogen-bond acceptors (Lipinski definition) is 3. The number of nitrogens with zero attached hydrogens (tertiary/aromatic N) is 1. The minimum absolute atomic E-state index is 0.00107. The number of ether oxygens (including phenoxy) is 1. The van der Waals surface area contributed by atoms with E-state index in [1.54, 1.807) is 13.2 Å². The van der Waals surface area contributed by atoms with E-state index in [9.17, 15) is 18.4 Å². The molecule has 1 amide bonds. The number of carbonyl (C=O) groups is 2. The van der Waals surface area contributed by atoms with Crippen LogP contribution in [0.3, 0.4) is 0 Å². The Hall–Kier alpha value is -2.80. The maximum absolute atomic E-state index is 13.4. The van der Waals surface area contributed by atoms with E-state index in [2.05, 4.69) is 0 Å². The Bertz CT molecular complexity index is 810. The predicted molar refractivity (Wildman–Crippen MR) is 94.9 cm³/mol. The summed E-state index contributed by atoms with van der Waals surface area (Å²) in [6, 6.07) is 10.7. The average Bonchev–Trinajstić information content (AvgIpc) is 2.62. The van der Waals surface area contributed by atoms with E-state index in [0.717, 1.165) is 23.3 Å². The summed E-state index contributed by atoms with van der Waals surface area (Å²) in [5.41, 5.74) is 2.07. The van der Waals surface area contributed by atoms with Crippen LogP contribution in [0.4, 0.5) is 8.78 Å². The van der Waals surface area contributed by atoms with Gasteiger partial charge in [0.05, 0.1) is 19.4 Å². The molecule has 27 heavy (non-hydrogen) atoms. The highest BCUT2D eigenvalue weighted by Gasteiger charge is 2.17. The molecule has 0 aliphatic heterocycles. The Labute approximate surface area is 156 Å². The fourth-order valence-corrected chi connectivity index (χ4v) is 2.66. The molecule has 2 aromatic carbocycles. The van der Waals surface area contributed by atoms with Crippen molar-refractivity contribution in [3.05, 3.63) is 70.8 Å². The van der Waals surface area contributed by atoms with Crippen molar-refractivity contribution < 1.29 is 28.2 Å². The van der Waals surface area contributed by atoms with Gasteiger partial charge in [-0.1, -0.05) is 30.3 Å². The lowest BCUT2D eigenvalue weighted by Gasteiger charge is -2.22. The summed E-state index contributed by atoms with van der Waals surface area (Å²) in [4.78, 5) is 24.9. The lowest BCUT2D eigenvalue weighted by atomic mass is 10.1. The molecule has 0 aliphatic carbocycles. The van der Waals surface area contributed by atoms with Gasteiger partial charge in [-0.25, -0.2) is 8.78 Å².